The summed E-state index contributed by atoms with van der Waals surface area (Å²) < 4.78 is 5.87. The largest absolute Gasteiger partial charge is 0.375 e. The van der Waals surface area contributed by atoms with Gasteiger partial charge in [0, 0.05) is 30.7 Å². The van der Waals surface area contributed by atoms with E-state index >= 15 is 0 Å². The quantitative estimate of drug-likeness (QED) is 0.837. The Morgan fingerprint density at radius 1 is 1.22 bits per heavy atom. The Kier molecular flexibility index (Phi) is 4.85. The Balaban J connectivity index is 2.54. The molecule has 0 aromatic heterocycles. The van der Waals surface area contributed by atoms with Crippen LogP contribution in [-0.4, -0.2) is 47.8 Å². The Bertz CT molecular complexity index is 270. The summed E-state index contributed by atoms with van der Waals surface area (Å²) in [5.74, 6) is 0. The van der Waals surface area contributed by atoms with Gasteiger partial charge in [-0.2, -0.15) is 0 Å². The molecule has 0 bridgehead atoms. The fraction of sp³-hybridized carbons (Fsp3) is 1.00. The molecule has 0 aromatic rings. The minimum atomic E-state index is -0.0355. The van der Waals surface area contributed by atoms with Crippen LogP contribution in [0.15, 0.2) is 0 Å². The molecule has 18 heavy (non-hydrogen) atoms. The molecule has 108 valence electrons. The van der Waals surface area contributed by atoms with Crippen molar-refractivity contribution in [3.63, 3.8) is 0 Å². The van der Waals surface area contributed by atoms with E-state index in [1.165, 1.54) is 6.42 Å². The minimum Gasteiger partial charge on any atom is -0.375 e. The lowest BCUT2D eigenvalue weighted by Gasteiger charge is -2.51. The van der Waals surface area contributed by atoms with Gasteiger partial charge in [-0.1, -0.05) is 6.92 Å². The summed E-state index contributed by atoms with van der Waals surface area (Å²) in [4.78, 5) is 2.57. The van der Waals surface area contributed by atoms with E-state index in [9.17, 15) is 0 Å². The zero-order valence-electron chi connectivity index (χ0n) is 13.4. The predicted molar refractivity (Wildman–Crippen MR) is 78.1 cm³/mol. The molecule has 1 fully saturated rings. The van der Waals surface area contributed by atoms with Crippen LogP contribution in [0.4, 0.5) is 0 Å². The summed E-state index contributed by atoms with van der Waals surface area (Å²) in [7, 11) is 0. The van der Waals surface area contributed by atoms with Crippen molar-refractivity contribution in [3.8, 4) is 0 Å². The lowest BCUT2D eigenvalue weighted by atomic mass is 9.88. The summed E-state index contributed by atoms with van der Waals surface area (Å²) in [6.45, 7) is 19.5. The highest BCUT2D eigenvalue weighted by Crippen LogP contribution is 2.25. The van der Waals surface area contributed by atoms with Gasteiger partial charge in [-0.05, 0) is 48.0 Å². The van der Waals surface area contributed by atoms with Crippen LogP contribution in [0.1, 0.15) is 54.9 Å². The molecule has 0 aliphatic carbocycles. The van der Waals surface area contributed by atoms with Gasteiger partial charge in [0.25, 0.3) is 0 Å². The van der Waals surface area contributed by atoms with Gasteiger partial charge >= 0.3 is 0 Å². The molecular formula is C15H32N2O. The van der Waals surface area contributed by atoms with Crippen LogP contribution < -0.4 is 5.32 Å². The molecule has 1 N–H and O–H groups in total. The second-order valence-corrected chi connectivity index (χ2v) is 7.46. The molecule has 1 unspecified atom stereocenters. The van der Waals surface area contributed by atoms with Gasteiger partial charge in [0.05, 0.1) is 12.2 Å². The zero-order valence-corrected chi connectivity index (χ0v) is 13.4. The second kappa shape index (κ2) is 5.48. The third-order valence-corrected chi connectivity index (χ3v) is 4.02. The zero-order chi connectivity index (χ0) is 14.0. The minimum absolute atomic E-state index is 0.0355. The molecule has 1 aliphatic heterocycles. The molecule has 1 rings (SSSR count). The highest BCUT2D eigenvalue weighted by molar-refractivity contribution is 4.98. The Morgan fingerprint density at radius 2 is 1.83 bits per heavy atom. The SMILES string of the molecule is CCC1(C)CN(CCOC(C)(C)C)C(C)(C)CN1. The van der Waals surface area contributed by atoms with Gasteiger partial charge in [-0.15, -0.1) is 0 Å². The van der Waals surface area contributed by atoms with Crippen LogP contribution in [0.2, 0.25) is 0 Å². The molecule has 1 aliphatic rings. The van der Waals surface area contributed by atoms with E-state index in [-0.39, 0.29) is 16.7 Å². The van der Waals surface area contributed by atoms with Crippen molar-refractivity contribution in [2.45, 2.75) is 71.6 Å². The van der Waals surface area contributed by atoms with Crippen LogP contribution >= 0.6 is 0 Å². The van der Waals surface area contributed by atoms with Crippen LogP contribution in [0.3, 0.4) is 0 Å². The van der Waals surface area contributed by atoms with Gasteiger partial charge in [0.2, 0.25) is 0 Å². The first-order valence-electron chi connectivity index (χ1n) is 7.22. The summed E-state index contributed by atoms with van der Waals surface area (Å²) in [6, 6.07) is 0. The molecule has 0 amide bonds. The van der Waals surface area contributed by atoms with Gasteiger partial charge in [-0.3, -0.25) is 4.90 Å². The van der Waals surface area contributed by atoms with Crippen LogP contribution in [0, 0.1) is 0 Å². The van der Waals surface area contributed by atoms with Crippen LogP contribution in [0.5, 0.6) is 0 Å². The molecule has 1 atom stereocenters. The van der Waals surface area contributed by atoms with Crippen molar-refractivity contribution < 1.29 is 4.74 Å². The van der Waals surface area contributed by atoms with E-state index in [4.69, 9.17) is 4.74 Å². The van der Waals surface area contributed by atoms with Gasteiger partial charge in [0.15, 0.2) is 0 Å². The summed E-state index contributed by atoms with van der Waals surface area (Å²) in [6.07, 6.45) is 1.17. The second-order valence-electron chi connectivity index (χ2n) is 7.46. The summed E-state index contributed by atoms with van der Waals surface area (Å²) in [5.41, 5.74) is 0.430. The fourth-order valence-corrected chi connectivity index (χ4v) is 2.31. The van der Waals surface area contributed by atoms with Crippen molar-refractivity contribution in [3.05, 3.63) is 0 Å². The molecule has 1 heterocycles. The van der Waals surface area contributed by atoms with Gasteiger partial charge in [-0.25, -0.2) is 0 Å². The van der Waals surface area contributed by atoms with Gasteiger partial charge < -0.3 is 10.1 Å². The average molecular weight is 256 g/mol. The van der Waals surface area contributed by atoms with E-state index in [1.807, 2.05) is 0 Å². The highest BCUT2D eigenvalue weighted by Gasteiger charge is 2.38. The van der Waals surface area contributed by atoms with E-state index in [1.54, 1.807) is 0 Å². The number of nitrogens with zero attached hydrogens (tertiary/aromatic N) is 1. The monoisotopic (exact) mass is 256 g/mol. The van der Waals surface area contributed by atoms with Crippen LogP contribution in [-0.2, 0) is 4.74 Å². The normalized spacial score (nSPS) is 29.5. The third-order valence-electron chi connectivity index (χ3n) is 4.02. The molecule has 1 saturated heterocycles. The first kappa shape index (κ1) is 15.9. The molecule has 0 spiro atoms. The van der Waals surface area contributed by atoms with Crippen molar-refractivity contribution in [1.82, 2.24) is 10.2 Å². The van der Waals surface area contributed by atoms with E-state index in [0.29, 0.717) is 0 Å². The van der Waals surface area contributed by atoms with Gasteiger partial charge in [0.1, 0.15) is 0 Å². The lowest BCUT2D eigenvalue weighted by molar-refractivity contribution is -0.0410. The first-order chi connectivity index (χ1) is 8.08. The van der Waals surface area contributed by atoms with Crippen molar-refractivity contribution in [1.29, 1.82) is 0 Å². The summed E-state index contributed by atoms with van der Waals surface area (Å²) >= 11 is 0. The Hall–Kier alpha value is -0.120. The topological polar surface area (TPSA) is 24.5 Å². The fourth-order valence-electron chi connectivity index (χ4n) is 2.31. The number of nitrogens with one attached hydrogen (secondary N) is 1. The first-order valence-corrected chi connectivity index (χ1v) is 7.22. The smallest absolute Gasteiger partial charge is 0.0600 e. The molecular weight excluding hydrogens is 224 g/mol. The number of ether oxygens (including phenoxy) is 1. The van der Waals surface area contributed by atoms with Crippen molar-refractivity contribution in [2.24, 2.45) is 0 Å². The molecule has 3 heteroatoms. The standard InChI is InChI=1S/C15H32N2O/c1-8-15(7)12-17(14(5,6)11-16-15)9-10-18-13(2,3)4/h16H,8-12H2,1-7H3. The maximum absolute atomic E-state index is 5.87. The average Bonchev–Trinajstić information content (AvgIpc) is 2.22. The van der Waals surface area contributed by atoms with Crippen LogP contribution in [0.25, 0.3) is 0 Å². The molecule has 0 saturated carbocycles. The molecule has 0 aromatic carbocycles. The highest BCUT2D eigenvalue weighted by atomic mass is 16.5. The third kappa shape index (κ3) is 4.52. The number of hydrogen-bond acceptors (Lipinski definition) is 3. The van der Waals surface area contributed by atoms with Crippen molar-refractivity contribution in [2.75, 3.05) is 26.2 Å². The molecule has 3 nitrogen and oxygen atoms in total. The lowest BCUT2D eigenvalue weighted by Crippen LogP contribution is -2.67. The van der Waals surface area contributed by atoms with E-state index in [0.717, 1.165) is 26.2 Å². The number of piperazine rings is 1. The maximum atomic E-state index is 5.87. The Morgan fingerprint density at radius 3 is 2.33 bits per heavy atom. The number of hydrogen-bond donors (Lipinski definition) is 1. The number of rotatable bonds is 4. The molecule has 0 radical (unpaired) electrons. The Labute approximate surface area is 113 Å². The summed E-state index contributed by atoms with van der Waals surface area (Å²) in [5, 5.41) is 3.69. The van der Waals surface area contributed by atoms with E-state index in [2.05, 4.69) is 58.7 Å². The maximum Gasteiger partial charge on any atom is 0.0600 e. The predicted octanol–water partition coefficient (Wildman–Crippen LogP) is 2.65. The van der Waals surface area contributed by atoms with Crippen molar-refractivity contribution >= 4 is 0 Å². The van der Waals surface area contributed by atoms with E-state index < -0.39 is 0 Å².